The second-order valence-corrected chi connectivity index (χ2v) is 26.7. The van der Waals surface area contributed by atoms with Crippen LogP contribution in [0.25, 0.3) is 33.0 Å². The molecule has 6 fully saturated rings. The lowest BCUT2D eigenvalue weighted by molar-refractivity contribution is -0.323. The van der Waals surface area contributed by atoms with Crippen LogP contribution in [0, 0.1) is 35.5 Å². The first-order valence-corrected chi connectivity index (χ1v) is 30.2. The van der Waals surface area contributed by atoms with Gasteiger partial charge in [0.2, 0.25) is 35.1 Å². The van der Waals surface area contributed by atoms with Crippen molar-refractivity contribution in [2.75, 3.05) is 40.3 Å². The number of aromatic amines is 2. The number of H-pyrrole nitrogens is 2. The number of amides is 6. The maximum atomic E-state index is 14.4. The molecule has 10 heterocycles. The first kappa shape index (κ1) is 55.8. The van der Waals surface area contributed by atoms with Gasteiger partial charge in [-0.25, -0.2) is 0 Å². The SMILES string of the molecule is CC(C)C[C@H]1C(=O)N2CCC[C@H]2[C@]2(O)O[C@](NC(=O)[C@@H]3C=C4c5cccc6[nH]cc(c56)C[C@H]4N(C)C3)(C(C)C)C(=O)N12.CC(C)[C@H]1C(=O)N2CCC[C@H]2[C@]2(O)O[C@](NC(=O)[C@@H]3C=C4c5cccc6[nH]cc(c56)C[C@H]4N(C)C3)(C(C)C)C(=O)N12. The lowest BCUT2D eigenvalue weighted by Crippen LogP contribution is -2.72. The normalized spacial score (nSPS) is 34.5. The Balaban J connectivity index is 0.000000155. The molecule has 6 amide bonds. The van der Waals surface area contributed by atoms with Crippen molar-refractivity contribution < 1.29 is 48.5 Å². The Morgan fingerprint density at radius 3 is 1.54 bits per heavy atom. The fourth-order valence-corrected chi connectivity index (χ4v) is 16.1. The number of likely N-dealkylation sites (N-methyl/N-ethyl adjacent to an activating group) is 2. The maximum absolute atomic E-state index is 14.4. The molecule has 8 aliphatic heterocycles. The van der Waals surface area contributed by atoms with Crippen LogP contribution in [0.5, 0.6) is 0 Å². The third-order valence-corrected chi connectivity index (χ3v) is 20.2. The Morgan fingerprint density at radius 2 is 1.10 bits per heavy atom. The summed E-state index contributed by atoms with van der Waals surface area (Å²) in [6, 6.07) is 9.64. The zero-order chi connectivity index (χ0) is 58.7. The van der Waals surface area contributed by atoms with Gasteiger partial charge in [-0.3, -0.25) is 57.8 Å². The van der Waals surface area contributed by atoms with Gasteiger partial charge in [0, 0.05) is 84.3 Å². The van der Waals surface area contributed by atoms with Crippen LogP contribution in [-0.4, -0.2) is 185 Å². The van der Waals surface area contributed by atoms with Gasteiger partial charge in [-0.15, -0.1) is 0 Å². The van der Waals surface area contributed by atoms with Crippen molar-refractivity contribution in [1.29, 1.82) is 0 Å². The van der Waals surface area contributed by atoms with Crippen molar-refractivity contribution in [3.05, 3.63) is 83.2 Å². The highest BCUT2D eigenvalue weighted by molar-refractivity contribution is 6.03. The molecule has 83 heavy (non-hydrogen) atoms. The highest BCUT2D eigenvalue weighted by Crippen LogP contribution is 2.51. The summed E-state index contributed by atoms with van der Waals surface area (Å²) in [6.45, 7) is 16.9. The number of aromatic nitrogens is 2. The summed E-state index contributed by atoms with van der Waals surface area (Å²) in [6.07, 6.45) is 12.8. The molecule has 0 saturated carbocycles. The molecule has 2 aromatic heterocycles. The smallest absolute Gasteiger partial charge is 0.281 e. The molecule has 10 aliphatic rings. The molecular formula is C63H80N10O10. The Hall–Kier alpha value is -6.42. The van der Waals surface area contributed by atoms with Gasteiger partial charge in [0.15, 0.2) is 0 Å². The van der Waals surface area contributed by atoms with Crippen LogP contribution in [0.4, 0.5) is 0 Å². The number of nitrogens with one attached hydrogen (secondary N) is 4. The number of hydrogen-bond acceptors (Lipinski definition) is 12. The summed E-state index contributed by atoms with van der Waals surface area (Å²) < 4.78 is 12.8. The van der Waals surface area contributed by atoms with E-state index in [0.717, 1.165) is 52.6 Å². The molecule has 6 saturated heterocycles. The lowest BCUT2D eigenvalue weighted by atomic mass is 9.79. The monoisotopic (exact) mass is 1140 g/mol. The largest absolute Gasteiger partial charge is 0.361 e. The van der Waals surface area contributed by atoms with E-state index in [4.69, 9.17) is 9.47 Å². The van der Waals surface area contributed by atoms with Gasteiger partial charge in [-0.1, -0.05) is 91.8 Å². The molecule has 0 spiro atoms. The third kappa shape index (κ3) is 8.04. The lowest BCUT2D eigenvalue weighted by Gasteiger charge is -2.49. The number of carbonyl (C=O) groups is 6. The van der Waals surface area contributed by atoms with E-state index in [2.05, 4.69) is 67.1 Å². The molecule has 20 nitrogen and oxygen atoms in total. The van der Waals surface area contributed by atoms with Crippen molar-refractivity contribution in [2.45, 2.75) is 160 Å². The maximum Gasteiger partial charge on any atom is 0.281 e. The van der Waals surface area contributed by atoms with Crippen LogP contribution in [0.1, 0.15) is 110 Å². The fraction of sp³-hybridized carbons (Fsp3) is 0.587. The molecule has 4 aromatic rings. The first-order chi connectivity index (χ1) is 39.4. The van der Waals surface area contributed by atoms with E-state index in [1.54, 1.807) is 23.6 Å². The zero-order valence-corrected chi connectivity index (χ0v) is 49.3. The molecule has 442 valence electrons. The average molecular weight is 1140 g/mol. The van der Waals surface area contributed by atoms with E-state index in [9.17, 15) is 39.0 Å². The third-order valence-electron chi connectivity index (χ3n) is 20.2. The van der Waals surface area contributed by atoms with E-state index >= 15 is 0 Å². The van der Waals surface area contributed by atoms with E-state index in [0.29, 0.717) is 51.9 Å². The standard InChI is InChI=1S/C32H41N5O5.C31H39N5O5/c1-17(2)12-25-29(39)36-11-7-10-26(36)32(41)37(25)30(40)31(42-32,18(3)4)34-28(38)20-13-22-21-8-6-9-23-27(21)19(15-33-23)14-24(22)35(5)16-20;1-16(2)26-28(38)35-11-7-10-24(35)31(40)36(26)29(39)30(41-31,17(3)4)33-27(37)19-12-21-20-8-6-9-22-25(20)18(14-32-22)13-23(21)34(5)15-19/h6,8-9,13,15,17-18,20,24-26,33,41H,7,10-12,14,16H2,1-5H3,(H,34,38);6,8-9,12,14,16-17,19,23-24,26,32,40H,7,10-11,13,15H2,1-5H3,(H,33,37)/t20-,24-,25+,26+,31-,32+;19-,23-,24+,26+,30-,31+/m11/s1. The Morgan fingerprint density at radius 1 is 0.651 bits per heavy atom. The van der Waals surface area contributed by atoms with Crippen LogP contribution >= 0.6 is 0 Å². The number of aliphatic hydroxyl groups is 2. The van der Waals surface area contributed by atoms with Crippen LogP contribution < -0.4 is 10.6 Å². The summed E-state index contributed by atoms with van der Waals surface area (Å²) in [5.41, 5.74) is 5.58. The minimum atomic E-state index is -2.01. The highest BCUT2D eigenvalue weighted by atomic mass is 16.7. The van der Waals surface area contributed by atoms with Gasteiger partial charge in [0.25, 0.3) is 23.6 Å². The molecule has 20 heteroatoms. The Kier molecular flexibility index (Phi) is 13.1. The second kappa shape index (κ2) is 19.6. The van der Waals surface area contributed by atoms with Gasteiger partial charge in [0.1, 0.15) is 24.2 Å². The number of hydrogen-bond donors (Lipinski definition) is 6. The molecule has 0 radical (unpaired) electrons. The number of nitrogens with zero attached hydrogens (tertiary/aromatic N) is 6. The number of fused-ring (bicyclic) bond motifs is 10. The average Bonchev–Trinajstić information content (AvgIpc) is 1.66. The predicted octanol–water partition coefficient (Wildman–Crippen LogP) is 4.47. The van der Waals surface area contributed by atoms with Gasteiger partial charge >= 0.3 is 0 Å². The van der Waals surface area contributed by atoms with Crippen molar-refractivity contribution in [3.63, 3.8) is 0 Å². The van der Waals surface area contributed by atoms with E-state index in [1.807, 2.05) is 79.9 Å². The molecule has 2 aromatic carbocycles. The Bertz CT molecular complexity index is 3460. The van der Waals surface area contributed by atoms with E-state index in [1.165, 1.54) is 31.7 Å². The van der Waals surface area contributed by atoms with Crippen LogP contribution in [0.2, 0.25) is 0 Å². The van der Waals surface area contributed by atoms with E-state index < -0.39 is 82.9 Å². The topological polar surface area (TPSA) is 236 Å². The van der Waals surface area contributed by atoms with E-state index in [-0.39, 0.29) is 47.5 Å². The first-order valence-electron chi connectivity index (χ1n) is 30.2. The van der Waals surface area contributed by atoms with Gasteiger partial charge in [-0.2, -0.15) is 0 Å². The minimum Gasteiger partial charge on any atom is -0.361 e. The van der Waals surface area contributed by atoms with Gasteiger partial charge in [0.05, 0.1) is 11.8 Å². The highest BCUT2D eigenvalue weighted by Gasteiger charge is 2.74. The number of carbonyl (C=O) groups excluding carboxylic acids is 6. The number of rotatable bonds is 9. The summed E-state index contributed by atoms with van der Waals surface area (Å²) >= 11 is 0. The molecule has 6 N–H and O–H groups in total. The predicted molar refractivity (Wildman–Crippen MR) is 308 cm³/mol. The van der Waals surface area contributed by atoms with Crippen LogP contribution in [0.15, 0.2) is 60.9 Å². The quantitative estimate of drug-likeness (QED) is 0.136. The summed E-state index contributed by atoms with van der Waals surface area (Å²) in [7, 11) is 4.06. The summed E-state index contributed by atoms with van der Waals surface area (Å²) in [5.74, 6) is -8.33. The number of ether oxygens (including phenoxy) is 2. The number of piperazine rings is 2. The molecular weight excluding hydrogens is 1060 g/mol. The molecule has 0 unspecified atom stereocenters. The van der Waals surface area contributed by atoms with Crippen molar-refractivity contribution in [1.82, 2.24) is 50.0 Å². The molecule has 12 atom stereocenters. The van der Waals surface area contributed by atoms with Crippen LogP contribution in [-0.2, 0) is 51.1 Å². The number of benzene rings is 2. The molecule has 14 rings (SSSR count). The second-order valence-electron chi connectivity index (χ2n) is 26.7. The molecule has 0 bridgehead atoms. The Labute approximate surface area is 483 Å². The summed E-state index contributed by atoms with van der Waals surface area (Å²) in [5, 5.41) is 32.6. The molecule has 2 aliphatic carbocycles. The fourth-order valence-electron chi connectivity index (χ4n) is 16.1. The van der Waals surface area contributed by atoms with Gasteiger partial charge < -0.3 is 40.6 Å². The van der Waals surface area contributed by atoms with Crippen molar-refractivity contribution >= 4 is 68.4 Å². The minimum absolute atomic E-state index is 0.108. The zero-order valence-electron chi connectivity index (χ0n) is 49.3. The summed E-state index contributed by atoms with van der Waals surface area (Å²) in [4.78, 5) is 101. The van der Waals surface area contributed by atoms with Gasteiger partial charge in [-0.05, 0) is 116 Å². The van der Waals surface area contributed by atoms with Crippen LogP contribution in [0.3, 0.4) is 0 Å². The van der Waals surface area contributed by atoms with Crippen molar-refractivity contribution in [2.24, 2.45) is 35.5 Å². The van der Waals surface area contributed by atoms with Crippen molar-refractivity contribution in [3.8, 4) is 0 Å².